The minimum Gasteiger partial charge on any atom is -0.353 e. The zero-order valence-corrected chi connectivity index (χ0v) is 13.9. The zero-order chi connectivity index (χ0) is 18.1. The third kappa shape index (κ3) is 3.29. The van der Waals surface area contributed by atoms with Crippen LogP contribution in [0.25, 0.3) is 10.9 Å². The Kier molecular flexibility index (Phi) is 4.14. The SMILES string of the molecule is FC(F)(F)c1ccc(N2CCN(c3ccc4ccccc4n3)CC2)nc1. The molecule has 2 aromatic heterocycles. The normalized spacial score (nSPS) is 15.5. The molecule has 1 fully saturated rings. The minimum atomic E-state index is -4.36. The van der Waals surface area contributed by atoms with Crippen molar-refractivity contribution in [3.63, 3.8) is 0 Å². The lowest BCUT2D eigenvalue weighted by molar-refractivity contribution is -0.137. The largest absolute Gasteiger partial charge is 0.417 e. The molecule has 3 aromatic rings. The Labute approximate surface area is 148 Å². The monoisotopic (exact) mass is 358 g/mol. The molecule has 134 valence electrons. The first-order valence-corrected chi connectivity index (χ1v) is 8.40. The van der Waals surface area contributed by atoms with Crippen LogP contribution in [-0.2, 0) is 6.18 Å². The van der Waals surface area contributed by atoms with Gasteiger partial charge in [-0.15, -0.1) is 0 Å². The summed E-state index contributed by atoms with van der Waals surface area (Å²) in [5.41, 5.74) is 0.233. The predicted octanol–water partition coefficient (Wildman–Crippen LogP) is 3.98. The highest BCUT2D eigenvalue weighted by molar-refractivity contribution is 5.80. The number of anilines is 2. The van der Waals surface area contributed by atoms with Gasteiger partial charge in [0.2, 0.25) is 0 Å². The maximum absolute atomic E-state index is 12.6. The second-order valence-corrected chi connectivity index (χ2v) is 6.24. The van der Waals surface area contributed by atoms with Gasteiger partial charge in [0.25, 0.3) is 0 Å². The lowest BCUT2D eigenvalue weighted by Gasteiger charge is -2.36. The van der Waals surface area contributed by atoms with E-state index in [4.69, 9.17) is 4.98 Å². The van der Waals surface area contributed by atoms with E-state index in [1.165, 1.54) is 6.07 Å². The molecular weight excluding hydrogens is 341 g/mol. The van der Waals surface area contributed by atoms with E-state index in [2.05, 4.69) is 16.0 Å². The molecule has 0 unspecified atom stereocenters. The van der Waals surface area contributed by atoms with Gasteiger partial charge in [-0.05, 0) is 30.3 Å². The van der Waals surface area contributed by atoms with Crippen molar-refractivity contribution in [2.24, 2.45) is 0 Å². The Morgan fingerprint density at radius 3 is 2.08 bits per heavy atom. The molecule has 0 amide bonds. The van der Waals surface area contributed by atoms with Crippen molar-refractivity contribution < 1.29 is 13.2 Å². The van der Waals surface area contributed by atoms with Crippen LogP contribution in [0.3, 0.4) is 0 Å². The first-order valence-electron chi connectivity index (χ1n) is 8.40. The summed E-state index contributed by atoms with van der Waals surface area (Å²) in [6.07, 6.45) is -3.46. The number of para-hydroxylation sites is 1. The van der Waals surface area contributed by atoms with Gasteiger partial charge >= 0.3 is 6.18 Å². The topological polar surface area (TPSA) is 32.3 Å². The summed E-state index contributed by atoms with van der Waals surface area (Å²) in [6.45, 7) is 2.86. The number of rotatable bonds is 2. The molecule has 4 rings (SSSR count). The third-order valence-corrected chi connectivity index (χ3v) is 4.59. The average Bonchev–Trinajstić information content (AvgIpc) is 2.67. The van der Waals surface area contributed by atoms with Gasteiger partial charge < -0.3 is 9.80 Å². The van der Waals surface area contributed by atoms with Crippen molar-refractivity contribution >= 4 is 22.5 Å². The smallest absolute Gasteiger partial charge is 0.353 e. The van der Waals surface area contributed by atoms with E-state index in [0.717, 1.165) is 42.1 Å². The number of hydrogen-bond acceptors (Lipinski definition) is 4. The number of aromatic nitrogens is 2. The van der Waals surface area contributed by atoms with Gasteiger partial charge in [0.15, 0.2) is 0 Å². The standard InChI is InChI=1S/C19H17F3N4/c20-19(21,22)15-6-8-17(23-13-15)25-9-11-26(12-10-25)18-7-5-14-3-1-2-4-16(14)24-18/h1-8,13H,9-12H2. The minimum absolute atomic E-state index is 0.573. The van der Waals surface area contributed by atoms with Gasteiger partial charge in [-0.3, -0.25) is 0 Å². The van der Waals surface area contributed by atoms with Crippen LogP contribution in [0.5, 0.6) is 0 Å². The molecule has 1 saturated heterocycles. The first-order chi connectivity index (χ1) is 12.5. The zero-order valence-electron chi connectivity index (χ0n) is 13.9. The fraction of sp³-hybridized carbons (Fsp3) is 0.263. The lowest BCUT2D eigenvalue weighted by Crippen LogP contribution is -2.47. The second-order valence-electron chi connectivity index (χ2n) is 6.24. The average molecular weight is 358 g/mol. The lowest BCUT2D eigenvalue weighted by atomic mass is 10.2. The Hall–Kier alpha value is -2.83. The Morgan fingerprint density at radius 2 is 1.42 bits per heavy atom. The highest BCUT2D eigenvalue weighted by Gasteiger charge is 2.31. The highest BCUT2D eigenvalue weighted by atomic mass is 19.4. The van der Waals surface area contributed by atoms with Gasteiger partial charge in [0.1, 0.15) is 11.6 Å². The van der Waals surface area contributed by atoms with E-state index in [1.54, 1.807) is 0 Å². The summed E-state index contributed by atoms with van der Waals surface area (Å²) >= 11 is 0. The van der Waals surface area contributed by atoms with Crippen LogP contribution >= 0.6 is 0 Å². The Morgan fingerprint density at radius 1 is 0.769 bits per heavy atom. The molecule has 1 aliphatic rings. The Balaban J connectivity index is 1.45. The number of piperazine rings is 1. The molecule has 0 spiro atoms. The van der Waals surface area contributed by atoms with E-state index in [0.29, 0.717) is 18.9 Å². The predicted molar refractivity (Wildman–Crippen MR) is 95.4 cm³/mol. The van der Waals surface area contributed by atoms with Crippen molar-refractivity contribution in [1.29, 1.82) is 0 Å². The van der Waals surface area contributed by atoms with Gasteiger partial charge in [-0.25, -0.2) is 9.97 Å². The van der Waals surface area contributed by atoms with Gasteiger partial charge in [-0.1, -0.05) is 18.2 Å². The van der Waals surface area contributed by atoms with Crippen LogP contribution in [0.15, 0.2) is 54.7 Å². The molecule has 0 atom stereocenters. The second kappa shape index (κ2) is 6.48. The van der Waals surface area contributed by atoms with Crippen LogP contribution < -0.4 is 9.80 Å². The van der Waals surface area contributed by atoms with Crippen molar-refractivity contribution in [2.75, 3.05) is 36.0 Å². The number of nitrogens with zero attached hydrogens (tertiary/aromatic N) is 4. The summed E-state index contributed by atoms with van der Waals surface area (Å²) in [6, 6.07) is 14.6. The molecule has 0 saturated carbocycles. The van der Waals surface area contributed by atoms with Crippen molar-refractivity contribution in [2.45, 2.75) is 6.18 Å². The molecule has 26 heavy (non-hydrogen) atoms. The van der Waals surface area contributed by atoms with Crippen LogP contribution in [0.2, 0.25) is 0 Å². The summed E-state index contributed by atoms with van der Waals surface area (Å²) in [4.78, 5) is 12.9. The maximum Gasteiger partial charge on any atom is 0.417 e. The summed E-state index contributed by atoms with van der Waals surface area (Å²) in [5, 5.41) is 1.10. The van der Waals surface area contributed by atoms with Crippen LogP contribution in [0.4, 0.5) is 24.8 Å². The first kappa shape index (κ1) is 16.6. The third-order valence-electron chi connectivity index (χ3n) is 4.59. The summed E-state index contributed by atoms with van der Waals surface area (Å²) in [7, 11) is 0. The fourth-order valence-corrected chi connectivity index (χ4v) is 3.14. The summed E-state index contributed by atoms with van der Waals surface area (Å²) < 4.78 is 37.9. The number of fused-ring (bicyclic) bond motifs is 1. The van der Waals surface area contributed by atoms with Gasteiger partial charge in [0, 0.05) is 37.8 Å². The van der Waals surface area contributed by atoms with Crippen LogP contribution in [-0.4, -0.2) is 36.1 Å². The molecule has 7 heteroatoms. The number of pyridine rings is 2. The highest BCUT2D eigenvalue weighted by Crippen LogP contribution is 2.29. The molecular formula is C19H17F3N4. The van der Waals surface area contributed by atoms with Crippen molar-refractivity contribution in [3.8, 4) is 0 Å². The molecule has 0 bridgehead atoms. The molecule has 1 aromatic carbocycles. The molecule has 0 aliphatic carbocycles. The molecule has 1 aliphatic heterocycles. The number of hydrogen-bond donors (Lipinski definition) is 0. The Bertz CT molecular complexity index is 901. The van der Waals surface area contributed by atoms with E-state index in [-0.39, 0.29) is 0 Å². The molecule has 0 radical (unpaired) electrons. The van der Waals surface area contributed by atoms with Crippen molar-refractivity contribution in [3.05, 3.63) is 60.3 Å². The number of halogens is 3. The van der Waals surface area contributed by atoms with Gasteiger partial charge in [-0.2, -0.15) is 13.2 Å². The molecule has 0 N–H and O–H groups in total. The molecule has 4 nitrogen and oxygen atoms in total. The maximum atomic E-state index is 12.6. The van der Waals surface area contributed by atoms with Gasteiger partial charge in [0.05, 0.1) is 11.1 Å². The van der Waals surface area contributed by atoms with Crippen molar-refractivity contribution in [1.82, 2.24) is 9.97 Å². The van der Waals surface area contributed by atoms with Crippen LogP contribution in [0, 0.1) is 0 Å². The quantitative estimate of drug-likeness (QED) is 0.694. The van der Waals surface area contributed by atoms with E-state index < -0.39 is 11.7 Å². The molecule has 3 heterocycles. The van der Waals surface area contributed by atoms with E-state index in [1.807, 2.05) is 35.2 Å². The van der Waals surface area contributed by atoms with E-state index in [9.17, 15) is 13.2 Å². The fourth-order valence-electron chi connectivity index (χ4n) is 3.14. The number of alkyl halides is 3. The summed E-state index contributed by atoms with van der Waals surface area (Å²) in [5.74, 6) is 1.49. The van der Waals surface area contributed by atoms with E-state index >= 15 is 0 Å². The van der Waals surface area contributed by atoms with Crippen LogP contribution in [0.1, 0.15) is 5.56 Å². The number of benzene rings is 1.